The number of hydrogen-bond donors (Lipinski definition) is 2. The van der Waals surface area contributed by atoms with Crippen LogP contribution in [0.3, 0.4) is 0 Å². The standard InChI is InChI=1S/C14H17N3O4P2/c18-22(19)12-23(20,21)11-17(9-13-5-1-3-7-15-13)10-14-6-2-4-8-16-14/h1-8H,9-12H2,(H-,18,19,20,21)/p+1. The van der Waals surface area contributed by atoms with Gasteiger partial charge in [0.1, 0.15) is 0 Å². The zero-order valence-corrected chi connectivity index (χ0v) is 14.2. The summed E-state index contributed by atoms with van der Waals surface area (Å²) in [5.41, 5.74) is 1.49. The van der Waals surface area contributed by atoms with Gasteiger partial charge >= 0.3 is 8.03 Å². The summed E-state index contributed by atoms with van der Waals surface area (Å²) in [6.45, 7) is 0.703. The molecule has 2 rings (SSSR count). The van der Waals surface area contributed by atoms with Gasteiger partial charge in [0, 0.05) is 25.5 Å². The maximum atomic E-state index is 12.1. The van der Waals surface area contributed by atoms with Crippen molar-refractivity contribution >= 4 is 15.4 Å². The van der Waals surface area contributed by atoms with E-state index in [2.05, 4.69) is 9.97 Å². The summed E-state index contributed by atoms with van der Waals surface area (Å²) in [5, 5.41) is 0. The summed E-state index contributed by atoms with van der Waals surface area (Å²) in [6.07, 6.45) is 3.11. The van der Waals surface area contributed by atoms with Crippen molar-refractivity contribution in [1.82, 2.24) is 14.9 Å². The van der Waals surface area contributed by atoms with Crippen LogP contribution >= 0.6 is 15.4 Å². The third-order valence-electron chi connectivity index (χ3n) is 2.99. The number of rotatable bonds is 8. The SMILES string of the molecule is O=[P+](O)CP(=O)(O)CN(Cc1ccccn1)Cc1ccccn1. The average Bonchev–Trinajstić information content (AvgIpc) is 2.47. The van der Waals surface area contributed by atoms with Crippen LogP contribution in [0.5, 0.6) is 0 Å². The lowest BCUT2D eigenvalue weighted by atomic mass is 10.3. The maximum absolute atomic E-state index is 12.1. The van der Waals surface area contributed by atoms with Gasteiger partial charge < -0.3 is 4.89 Å². The predicted molar refractivity (Wildman–Crippen MR) is 87.1 cm³/mol. The summed E-state index contributed by atoms with van der Waals surface area (Å²) < 4.78 is 23.0. The first kappa shape index (κ1) is 17.9. The lowest BCUT2D eigenvalue weighted by Gasteiger charge is -2.22. The first-order chi connectivity index (χ1) is 10.9. The lowest BCUT2D eigenvalue weighted by Crippen LogP contribution is -2.25. The molecule has 23 heavy (non-hydrogen) atoms. The fourth-order valence-corrected chi connectivity index (χ4v) is 4.84. The molecule has 0 fully saturated rings. The van der Waals surface area contributed by atoms with Crippen LogP contribution in [0.2, 0.25) is 0 Å². The zero-order valence-electron chi connectivity index (χ0n) is 12.4. The molecule has 7 nitrogen and oxygen atoms in total. The van der Waals surface area contributed by atoms with Crippen molar-refractivity contribution in [3.05, 3.63) is 60.2 Å². The van der Waals surface area contributed by atoms with Crippen molar-refractivity contribution in [1.29, 1.82) is 0 Å². The first-order valence-electron chi connectivity index (χ1n) is 6.91. The quantitative estimate of drug-likeness (QED) is 0.702. The summed E-state index contributed by atoms with van der Waals surface area (Å²) >= 11 is 0. The molecule has 0 aliphatic rings. The highest BCUT2D eigenvalue weighted by Gasteiger charge is 2.32. The van der Waals surface area contributed by atoms with Crippen LogP contribution < -0.4 is 0 Å². The topological polar surface area (TPSA) is 104 Å². The van der Waals surface area contributed by atoms with Crippen LogP contribution in [-0.4, -0.2) is 36.8 Å². The molecule has 0 saturated heterocycles. The minimum atomic E-state index is -3.74. The lowest BCUT2D eigenvalue weighted by molar-refractivity contribution is 0.280. The first-order valence-corrected chi connectivity index (χ1v) is 10.3. The Morgan fingerprint density at radius 3 is 1.96 bits per heavy atom. The fourth-order valence-electron chi connectivity index (χ4n) is 2.14. The minimum Gasteiger partial charge on any atom is -0.340 e. The van der Waals surface area contributed by atoms with Gasteiger partial charge in [-0.1, -0.05) is 12.1 Å². The second kappa shape index (κ2) is 8.39. The van der Waals surface area contributed by atoms with Crippen LogP contribution in [0.4, 0.5) is 0 Å². The largest absolute Gasteiger partial charge is 0.515 e. The molecule has 0 bridgehead atoms. The number of nitrogens with zero attached hydrogens (tertiary/aromatic N) is 3. The normalized spacial score (nSPS) is 14.5. The highest BCUT2D eigenvalue weighted by Crippen LogP contribution is 2.48. The molecular weight excluding hydrogens is 336 g/mol. The van der Waals surface area contributed by atoms with Crippen molar-refractivity contribution in [3.8, 4) is 0 Å². The van der Waals surface area contributed by atoms with Crippen LogP contribution in [0.1, 0.15) is 11.4 Å². The van der Waals surface area contributed by atoms with Crippen LogP contribution in [-0.2, 0) is 22.2 Å². The van der Waals surface area contributed by atoms with E-state index in [1.807, 2.05) is 24.3 Å². The van der Waals surface area contributed by atoms with Crippen LogP contribution in [0.25, 0.3) is 0 Å². The van der Waals surface area contributed by atoms with E-state index in [0.717, 1.165) is 11.4 Å². The Morgan fingerprint density at radius 2 is 1.57 bits per heavy atom. The molecular formula is C14H18N3O4P2+. The van der Waals surface area contributed by atoms with Crippen molar-refractivity contribution < 1.29 is 18.9 Å². The van der Waals surface area contributed by atoms with E-state index in [4.69, 9.17) is 4.89 Å². The highest BCUT2D eigenvalue weighted by molar-refractivity contribution is 7.68. The molecule has 0 aromatic carbocycles. The van der Waals surface area contributed by atoms with Crippen molar-refractivity contribution in [2.45, 2.75) is 13.1 Å². The Morgan fingerprint density at radius 1 is 1.04 bits per heavy atom. The van der Waals surface area contributed by atoms with E-state index in [-0.39, 0.29) is 6.29 Å². The Hall–Kier alpha value is -1.49. The summed E-state index contributed by atoms with van der Waals surface area (Å²) in [6, 6.07) is 10.9. The zero-order chi connectivity index (χ0) is 16.7. The van der Waals surface area contributed by atoms with Crippen LogP contribution in [0.15, 0.2) is 48.8 Å². The van der Waals surface area contributed by atoms with E-state index in [9.17, 15) is 14.0 Å². The highest BCUT2D eigenvalue weighted by atomic mass is 31.2. The van der Waals surface area contributed by atoms with E-state index in [1.165, 1.54) is 0 Å². The van der Waals surface area contributed by atoms with Crippen LogP contribution in [0, 0.1) is 0 Å². The van der Waals surface area contributed by atoms with E-state index in [1.54, 1.807) is 29.4 Å². The molecule has 0 aliphatic carbocycles. The second-order valence-electron chi connectivity index (χ2n) is 5.11. The Bertz CT molecular complexity index is 643. The Balaban J connectivity index is 2.13. The van der Waals surface area contributed by atoms with Crippen molar-refractivity contribution in [2.75, 3.05) is 12.2 Å². The predicted octanol–water partition coefficient (Wildman–Crippen LogP) is 2.40. The minimum absolute atomic E-state index is 0.193. The molecule has 2 atom stereocenters. The summed E-state index contributed by atoms with van der Waals surface area (Å²) in [5.74, 6) is -0.608. The van der Waals surface area contributed by atoms with Crippen molar-refractivity contribution in [3.63, 3.8) is 0 Å². The third-order valence-corrected chi connectivity index (χ3v) is 6.56. The number of pyridine rings is 2. The Labute approximate surface area is 135 Å². The number of aromatic nitrogens is 2. The monoisotopic (exact) mass is 354 g/mol. The van der Waals surface area contributed by atoms with E-state index < -0.39 is 21.3 Å². The molecule has 2 unspecified atom stereocenters. The summed E-state index contributed by atoms with van der Waals surface area (Å²) in [4.78, 5) is 29.0. The fraction of sp³-hybridized carbons (Fsp3) is 0.286. The van der Waals surface area contributed by atoms with Gasteiger partial charge in [-0.25, -0.2) is 0 Å². The molecule has 0 saturated carbocycles. The molecule has 2 N–H and O–H groups in total. The van der Waals surface area contributed by atoms with Gasteiger partial charge in [-0.15, -0.1) is 0 Å². The maximum Gasteiger partial charge on any atom is 0.515 e. The van der Waals surface area contributed by atoms with Gasteiger partial charge in [0.2, 0.25) is 0 Å². The van der Waals surface area contributed by atoms with Crippen molar-refractivity contribution in [2.24, 2.45) is 0 Å². The molecule has 2 heterocycles. The molecule has 2 aromatic rings. The Kier molecular flexibility index (Phi) is 6.51. The van der Waals surface area contributed by atoms with Gasteiger partial charge in [-0.3, -0.25) is 19.4 Å². The molecule has 2 aromatic heterocycles. The molecule has 0 radical (unpaired) electrons. The smallest absolute Gasteiger partial charge is 0.340 e. The number of hydrogen-bond acceptors (Lipinski definition) is 5. The van der Waals surface area contributed by atoms with E-state index >= 15 is 0 Å². The molecule has 9 heteroatoms. The average molecular weight is 354 g/mol. The second-order valence-corrected chi connectivity index (χ2v) is 8.92. The molecule has 0 amide bonds. The van der Waals surface area contributed by atoms with Gasteiger partial charge in [-0.05, 0) is 28.8 Å². The molecule has 122 valence electrons. The van der Waals surface area contributed by atoms with Gasteiger partial charge in [0.05, 0.1) is 17.7 Å². The van der Waals surface area contributed by atoms with E-state index in [0.29, 0.717) is 13.1 Å². The molecule has 0 spiro atoms. The molecule has 0 aliphatic heterocycles. The van der Waals surface area contributed by atoms with Gasteiger partial charge in [0.15, 0.2) is 0 Å². The third kappa shape index (κ3) is 6.65. The van der Waals surface area contributed by atoms with Gasteiger partial charge in [-0.2, -0.15) is 4.89 Å². The van der Waals surface area contributed by atoms with Gasteiger partial charge in [0.25, 0.3) is 13.3 Å². The summed E-state index contributed by atoms with van der Waals surface area (Å²) in [7, 11) is -6.40.